The third kappa shape index (κ3) is 4.37. The molecule has 2 aromatic heterocycles. The molecule has 1 aliphatic heterocycles. The van der Waals surface area contributed by atoms with E-state index in [0.29, 0.717) is 5.82 Å². The highest BCUT2D eigenvalue weighted by Crippen LogP contribution is 2.26. The van der Waals surface area contributed by atoms with Crippen LogP contribution in [0.4, 0.5) is 5.82 Å². The number of carbonyl (C=O) groups is 1. The number of aryl methyl sites for hydroxylation is 1. The summed E-state index contributed by atoms with van der Waals surface area (Å²) in [7, 11) is 3.73. The number of piperidine rings is 1. The average Bonchev–Trinajstić information content (AvgIpc) is 3.10. The van der Waals surface area contributed by atoms with E-state index in [0.717, 1.165) is 66.9 Å². The van der Waals surface area contributed by atoms with Crippen molar-refractivity contribution in [3.8, 4) is 11.3 Å². The number of rotatable bonds is 6. The Labute approximate surface area is 177 Å². The first-order valence-corrected chi connectivity index (χ1v) is 10.5. The van der Waals surface area contributed by atoms with Crippen molar-refractivity contribution in [2.45, 2.75) is 19.8 Å². The summed E-state index contributed by atoms with van der Waals surface area (Å²) in [6.45, 7) is 5.51. The maximum absolute atomic E-state index is 12.8. The van der Waals surface area contributed by atoms with E-state index in [-0.39, 0.29) is 11.8 Å². The fourth-order valence-corrected chi connectivity index (χ4v) is 4.01. The molecule has 7 heteroatoms. The van der Waals surface area contributed by atoms with Crippen LogP contribution in [-0.4, -0.2) is 58.7 Å². The quantitative estimate of drug-likeness (QED) is 0.679. The van der Waals surface area contributed by atoms with Gasteiger partial charge in [-0.25, -0.2) is 9.97 Å². The van der Waals surface area contributed by atoms with Gasteiger partial charge in [0.15, 0.2) is 0 Å². The second-order valence-corrected chi connectivity index (χ2v) is 7.98. The number of carbonyl (C=O) groups excluding carboxylic acids is 1. The van der Waals surface area contributed by atoms with Gasteiger partial charge in [0, 0.05) is 43.8 Å². The van der Waals surface area contributed by atoms with Gasteiger partial charge in [-0.2, -0.15) is 0 Å². The van der Waals surface area contributed by atoms with Gasteiger partial charge in [0.25, 0.3) is 0 Å². The summed E-state index contributed by atoms with van der Waals surface area (Å²) in [6.07, 6.45) is 5.44. The number of benzene rings is 1. The Morgan fingerprint density at radius 3 is 2.67 bits per heavy atom. The molecule has 3 aromatic rings. The van der Waals surface area contributed by atoms with E-state index in [1.807, 2.05) is 32.4 Å². The zero-order valence-corrected chi connectivity index (χ0v) is 17.9. The SMILES string of the molecule is COCCN1CCC(C(=O)Nc2cc3cc(-c4cnc(C)n4C)ccc3cn2)CC1. The van der Waals surface area contributed by atoms with Gasteiger partial charge < -0.3 is 19.5 Å². The summed E-state index contributed by atoms with van der Waals surface area (Å²) < 4.78 is 7.22. The summed E-state index contributed by atoms with van der Waals surface area (Å²) in [6, 6.07) is 8.21. The van der Waals surface area contributed by atoms with Crippen LogP contribution < -0.4 is 5.32 Å². The number of nitrogens with one attached hydrogen (secondary N) is 1. The standard InChI is InChI=1S/C23H29N5O2/c1-16-24-15-21(27(16)2)18-4-5-19-14-25-22(13-20(19)12-18)26-23(29)17-6-8-28(9-7-17)10-11-30-3/h4-5,12-15,17H,6-11H2,1-3H3,(H,25,26,29). The molecule has 0 atom stereocenters. The van der Waals surface area contributed by atoms with E-state index in [4.69, 9.17) is 4.74 Å². The van der Waals surface area contributed by atoms with Crippen LogP contribution in [0.15, 0.2) is 36.7 Å². The molecule has 0 saturated carbocycles. The molecule has 30 heavy (non-hydrogen) atoms. The van der Waals surface area contributed by atoms with E-state index in [9.17, 15) is 4.79 Å². The number of aromatic nitrogens is 3. The molecule has 1 N–H and O–H groups in total. The van der Waals surface area contributed by atoms with Gasteiger partial charge in [0.2, 0.25) is 5.91 Å². The first kappa shape index (κ1) is 20.5. The minimum Gasteiger partial charge on any atom is -0.383 e. The Morgan fingerprint density at radius 2 is 1.97 bits per heavy atom. The van der Waals surface area contributed by atoms with E-state index in [2.05, 4.69) is 43.0 Å². The number of methoxy groups -OCH3 is 1. The van der Waals surface area contributed by atoms with Crippen LogP contribution in [0.2, 0.25) is 0 Å². The highest BCUT2D eigenvalue weighted by Gasteiger charge is 2.25. The Kier molecular flexibility index (Phi) is 6.11. The van der Waals surface area contributed by atoms with E-state index in [1.54, 1.807) is 7.11 Å². The average molecular weight is 408 g/mol. The minimum atomic E-state index is 0.0324. The number of nitrogens with zero attached hydrogens (tertiary/aromatic N) is 4. The molecule has 0 spiro atoms. The van der Waals surface area contributed by atoms with Crippen LogP contribution in [0.5, 0.6) is 0 Å². The van der Waals surface area contributed by atoms with Crippen molar-refractivity contribution in [2.75, 3.05) is 38.7 Å². The molecule has 1 aliphatic rings. The van der Waals surface area contributed by atoms with E-state index < -0.39 is 0 Å². The van der Waals surface area contributed by atoms with Crippen LogP contribution in [0.1, 0.15) is 18.7 Å². The molecule has 1 aromatic carbocycles. The van der Waals surface area contributed by atoms with E-state index in [1.165, 1.54) is 0 Å². The summed E-state index contributed by atoms with van der Waals surface area (Å²) in [5, 5.41) is 5.12. The largest absolute Gasteiger partial charge is 0.383 e. The predicted molar refractivity (Wildman–Crippen MR) is 118 cm³/mol. The van der Waals surface area contributed by atoms with Crippen molar-refractivity contribution in [1.29, 1.82) is 0 Å². The molecule has 1 amide bonds. The Morgan fingerprint density at radius 1 is 1.17 bits per heavy atom. The lowest BCUT2D eigenvalue weighted by Gasteiger charge is -2.30. The van der Waals surface area contributed by atoms with Crippen LogP contribution in [-0.2, 0) is 16.6 Å². The maximum atomic E-state index is 12.8. The van der Waals surface area contributed by atoms with Gasteiger partial charge >= 0.3 is 0 Å². The number of amides is 1. The lowest BCUT2D eigenvalue weighted by atomic mass is 9.96. The normalized spacial score (nSPS) is 15.6. The van der Waals surface area contributed by atoms with Crippen LogP contribution in [0.25, 0.3) is 22.0 Å². The molecule has 7 nitrogen and oxygen atoms in total. The predicted octanol–water partition coefficient (Wildman–Crippen LogP) is 3.24. The van der Waals surface area contributed by atoms with Crippen molar-refractivity contribution >= 4 is 22.5 Å². The maximum Gasteiger partial charge on any atom is 0.228 e. The van der Waals surface area contributed by atoms with Gasteiger partial charge in [0.05, 0.1) is 18.5 Å². The molecule has 1 saturated heterocycles. The highest BCUT2D eigenvalue weighted by molar-refractivity contribution is 5.95. The molecule has 158 valence electrons. The van der Waals surface area contributed by atoms with Crippen molar-refractivity contribution < 1.29 is 9.53 Å². The van der Waals surface area contributed by atoms with Gasteiger partial charge in [-0.3, -0.25) is 4.79 Å². The molecule has 0 radical (unpaired) electrons. The van der Waals surface area contributed by atoms with E-state index >= 15 is 0 Å². The topological polar surface area (TPSA) is 72.3 Å². The molecule has 3 heterocycles. The lowest BCUT2D eigenvalue weighted by Crippen LogP contribution is -2.39. The first-order chi connectivity index (χ1) is 14.5. The molecule has 1 fully saturated rings. The monoisotopic (exact) mass is 407 g/mol. The third-order valence-corrected chi connectivity index (χ3v) is 6.06. The Bertz CT molecular complexity index is 1040. The van der Waals surface area contributed by atoms with Crippen LogP contribution in [0, 0.1) is 12.8 Å². The molecule has 4 rings (SSSR count). The van der Waals surface area contributed by atoms with Crippen molar-refractivity contribution in [3.05, 3.63) is 42.5 Å². The first-order valence-electron chi connectivity index (χ1n) is 10.5. The number of hydrogen-bond donors (Lipinski definition) is 1. The van der Waals surface area contributed by atoms with Crippen molar-refractivity contribution in [3.63, 3.8) is 0 Å². The smallest absolute Gasteiger partial charge is 0.228 e. The van der Waals surface area contributed by atoms with Gasteiger partial charge in [-0.05, 0) is 50.4 Å². The molecular weight excluding hydrogens is 378 g/mol. The summed E-state index contributed by atoms with van der Waals surface area (Å²) in [4.78, 5) is 23.9. The van der Waals surface area contributed by atoms with Crippen molar-refractivity contribution in [1.82, 2.24) is 19.4 Å². The summed E-state index contributed by atoms with van der Waals surface area (Å²) in [5.41, 5.74) is 2.16. The number of imidazole rings is 1. The molecular formula is C23H29N5O2. The third-order valence-electron chi connectivity index (χ3n) is 6.06. The Hall–Kier alpha value is -2.77. The lowest BCUT2D eigenvalue weighted by molar-refractivity contribution is -0.121. The number of likely N-dealkylation sites (tertiary alicyclic amines) is 1. The highest BCUT2D eigenvalue weighted by atomic mass is 16.5. The number of anilines is 1. The molecule has 0 unspecified atom stereocenters. The van der Waals surface area contributed by atoms with Gasteiger partial charge in [-0.15, -0.1) is 0 Å². The second kappa shape index (κ2) is 8.93. The number of hydrogen-bond acceptors (Lipinski definition) is 5. The number of fused-ring (bicyclic) bond motifs is 1. The zero-order valence-electron chi connectivity index (χ0n) is 17.9. The zero-order chi connectivity index (χ0) is 21.1. The molecule has 0 bridgehead atoms. The minimum absolute atomic E-state index is 0.0324. The summed E-state index contributed by atoms with van der Waals surface area (Å²) >= 11 is 0. The number of pyridine rings is 1. The number of ether oxygens (including phenoxy) is 1. The second-order valence-electron chi connectivity index (χ2n) is 7.98. The van der Waals surface area contributed by atoms with Gasteiger partial charge in [-0.1, -0.05) is 12.1 Å². The van der Waals surface area contributed by atoms with Crippen LogP contribution >= 0.6 is 0 Å². The summed E-state index contributed by atoms with van der Waals surface area (Å²) in [5.74, 6) is 1.67. The fourth-order valence-electron chi connectivity index (χ4n) is 4.01. The van der Waals surface area contributed by atoms with Gasteiger partial charge in [0.1, 0.15) is 11.6 Å². The van der Waals surface area contributed by atoms with Crippen LogP contribution in [0.3, 0.4) is 0 Å². The Balaban J connectivity index is 1.45. The fraction of sp³-hybridized carbons (Fsp3) is 0.435. The van der Waals surface area contributed by atoms with Crippen molar-refractivity contribution in [2.24, 2.45) is 13.0 Å². The molecule has 0 aliphatic carbocycles.